The molecule has 2 heterocycles. The van der Waals surface area contributed by atoms with Gasteiger partial charge in [-0.1, -0.05) is 0 Å². The summed E-state index contributed by atoms with van der Waals surface area (Å²) in [4.78, 5) is 4.21. The Morgan fingerprint density at radius 3 is 3.00 bits per heavy atom. The molecule has 1 aliphatic carbocycles. The quantitative estimate of drug-likeness (QED) is 0.841. The lowest BCUT2D eigenvalue weighted by Gasteiger charge is -2.16. The summed E-state index contributed by atoms with van der Waals surface area (Å²) in [7, 11) is 0. The molecule has 0 saturated heterocycles. The Balaban J connectivity index is 1.80. The van der Waals surface area contributed by atoms with Crippen LogP contribution in [0, 0.1) is 12.3 Å². The van der Waals surface area contributed by atoms with Crippen LogP contribution >= 0.6 is 0 Å². The first-order valence-corrected chi connectivity index (χ1v) is 6.38. The van der Waals surface area contributed by atoms with Crippen molar-refractivity contribution in [1.29, 1.82) is 0 Å². The minimum absolute atomic E-state index is 0.272. The molecule has 5 heteroatoms. The lowest BCUT2D eigenvalue weighted by molar-refractivity contribution is 0.253. The monoisotopic (exact) mass is 246 g/mol. The van der Waals surface area contributed by atoms with E-state index in [0.29, 0.717) is 5.41 Å². The van der Waals surface area contributed by atoms with Crippen LogP contribution in [-0.2, 0) is 0 Å². The van der Waals surface area contributed by atoms with Crippen molar-refractivity contribution in [3.8, 4) is 0 Å². The highest BCUT2D eigenvalue weighted by molar-refractivity contribution is 5.51. The second kappa shape index (κ2) is 4.24. The molecule has 0 bridgehead atoms. The Morgan fingerprint density at radius 2 is 2.28 bits per heavy atom. The van der Waals surface area contributed by atoms with Crippen LogP contribution < -0.4 is 5.32 Å². The van der Waals surface area contributed by atoms with Gasteiger partial charge in [0.1, 0.15) is 12.1 Å². The highest BCUT2D eigenvalue weighted by atomic mass is 16.3. The zero-order valence-electron chi connectivity index (χ0n) is 10.6. The van der Waals surface area contributed by atoms with Crippen molar-refractivity contribution in [3.63, 3.8) is 0 Å². The minimum Gasteiger partial charge on any atom is -0.396 e. The third-order valence-electron chi connectivity index (χ3n) is 3.77. The molecule has 3 rings (SSSR count). The van der Waals surface area contributed by atoms with Crippen LogP contribution in [0.5, 0.6) is 0 Å². The number of rotatable bonds is 5. The number of nitrogens with zero attached hydrogens (tertiary/aromatic N) is 3. The number of aryl methyl sites for hydroxylation is 1. The van der Waals surface area contributed by atoms with E-state index in [-0.39, 0.29) is 6.61 Å². The van der Waals surface area contributed by atoms with Crippen LogP contribution in [0.25, 0.3) is 5.65 Å². The summed E-state index contributed by atoms with van der Waals surface area (Å²) < 4.78 is 1.82. The molecule has 96 valence electrons. The number of aliphatic hydroxyl groups excluding tert-OH is 1. The molecule has 0 unspecified atom stereocenters. The maximum atomic E-state index is 9.07. The molecule has 1 fully saturated rings. The fraction of sp³-hybridized carbons (Fsp3) is 0.538. The fourth-order valence-electron chi connectivity index (χ4n) is 2.39. The predicted molar refractivity (Wildman–Crippen MR) is 69.6 cm³/mol. The van der Waals surface area contributed by atoms with Crippen molar-refractivity contribution in [3.05, 3.63) is 24.0 Å². The van der Waals surface area contributed by atoms with E-state index in [1.807, 2.05) is 10.6 Å². The number of fused-ring (bicyclic) bond motifs is 1. The molecule has 0 amide bonds. The smallest absolute Gasteiger partial charge is 0.157 e. The van der Waals surface area contributed by atoms with Gasteiger partial charge in [-0.3, -0.25) is 0 Å². The highest BCUT2D eigenvalue weighted by Gasteiger charge is 2.41. The molecule has 18 heavy (non-hydrogen) atoms. The number of anilines is 1. The van der Waals surface area contributed by atoms with Crippen LogP contribution in [0.4, 0.5) is 5.82 Å². The number of hydrogen-bond acceptors (Lipinski definition) is 4. The maximum absolute atomic E-state index is 9.07. The van der Waals surface area contributed by atoms with Crippen molar-refractivity contribution in [2.75, 3.05) is 18.5 Å². The van der Waals surface area contributed by atoms with Gasteiger partial charge in [-0.05, 0) is 49.3 Å². The molecule has 2 aromatic rings. The largest absolute Gasteiger partial charge is 0.396 e. The maximum Gasteiger partial charge on any atom is 0.157 e. The Morgan fingerprint density at radius 1 is 1.44 bits per heavy atom. The fourth-order valence-corrected chi connectivity index (χ4v) is 2.39. The Kier molecular flexibility index (Phi) is 2.70. The van der Waals surface area contributed by atoms with E-state index in [4.69, 9.17) is 5.11 Å². The number of nitrogens with one attached hydrogen (secondary N) is 1. The van der Waals surface area contributed by atoms with E-state index >= 15 is 0 Å². The Labute approximate surface area is 106 Å². The van der Waals surface area contributed by atoms with E-state index in [2.05, 4.69) is 28.4 Å². The van der Waals surface area contributed by atoms with Gasteiger partial charge >= 0.3 is 0 Å². The summed E-state index contributed by atoms with van der Waals surface area (Å²) in [6.07, 6.45) is 4.85. The molecule has 1 aliphatic rings. The van der Waals surface area contributed by atoms with Crippen LogP contribution in [0.3, 0.4) is 0 Å². The Bertz CT molecular complexity index is 559. The van der Waals surface area contributed by atoms with Gasteiger partial charge < -0.3 is 10.4 Å². The SMILES string of the molecule is Cc1cc(NCC2(CCO)CC2)n2ncnc2c1. The molecule has 0 aliphatic heterocycles. The van der Waals surface area contributed by atoms with Crippen molar-refractivity contribution in [1.82, 2.24) is 14.6 Å². The topological polar surface area (TPSA) is 62.5 Å². The Hall–Kier alpha value is -1.62. The summed E-state index contributed by atoms with van der Waals surface area (Å²) in [5, 5.41) is 16.7. The molecule has 0 spiro atoms. The van der Waals surface area contributed by atoms with Crippen molar-refractivity contribution in [2.24, 2.45) is 5.41 Å². The highest BCUT2D eigenvalue weighted by Crippen LogP contribution is 2.48. The molecular formula is C13H18N4O. The van der Waals surface area contributed by atoms with Gasteiger partial charge in [0, 0.05) is 13.2 Å². The van der Waals surface area contributed by atoms with Crippen molar-refractivity contribution < 1.29 is 5.11 Å². The second-order valence-electron chi connectivity index (χ2n) is 5.28. The zero-order chi connectivity index (χ0) is 12.6. The molecule has 2 N–H and O–H groups in total. The molecule has 1 saturated carbocycles. The number of hydrogen-bond donors (Lipinski definition) is 2. The van der Waals surface area contributed by atoms with E-state index in [1.54, 1.807) is 6.33 Å². The third kappa shape index (κ3) is 2.06. The van der Waals surface area contributed by atoms with Crippen LogP contribution in [0.15, 0.2) is 18.5 Å². The van der Waals surface area contributed by atoms with E-state index < -0.39 is 0 Å². The van der Waals surface area contributed by atoms with Crippen LogP contribution in [0.1, 0.15) is 24.8 Å². The van der Waals surface area contributed by atoms with E-state index in [1.165, 1.54) is 18.4 Å². The summed E-state index contributed by atoms with van der Waals surface area (Å²) >= 11 is 0. The molecule has 0 aromatic carbocycles. The van der Waals surface area contributed by atoms with Crippen LogP contribution in [0.2, 0.25) is 0 Å². The average molecular weight is 246 g/mol. The average Bonchev–Trinajstić information content (AvgIpc) is 2.94. The lowest BCUT2D eigenvalue weighted by Crippen LogP contribution is -2.18. The molecule has 5 nitrogen and oxygen atoms in total. The molecule has 2 aromatic heterocycles. The van der Waals surface area contributed by atoms with Gasteiger partial charge in [0.25, 0.3) is 0 Å². The zero-order valence-corrected chi connectivity index (χ0v) is 10.6. The molecular weight excluding hydrogens is 228 g/mol. The standard InChI is InChI=1S/C13H18N4O/c1-10-6-11(17-12(7-10)15-9-16-17)14-8-13(2-3-13)4-5-18/h6-7,9,14,18H,2-5,8H2,1H3. The first kappa shape index (κ1) is 11.5. The molecule has 0 atom stereocenters. The minimum atomic E-state index is 0.272. The van der Waals surface area contributed by atoms with Crippen molar-refractivity contribution >= 4 is 11.5 Å². The van der Waals surface area contributed by atoms with Crippen molar-refractivity contribution in [2.45, 2.75) is 26.2 Å². The van der Waals surface area contributed by atoms with Gasteiger partial charge in [0.2, 0.25) is 0 Å². The number of pyridine rings is 1. The van der Waals surface area contributed by atoms with Gasteiger partial charge in [-0.2, -0.15) is 9.61 Å². The first-order chi connectivity index (χ1) is 8.72. The van der Waals surface area contributed by atoms with E-state index in [0.717, 1.165) is 24.4 Å². The first-order valence-electron chi connectivity index (χ1n) is 6.38. The predicted octanol–water partition coefficient (Wildman–Crippen LogP) is 1.61. The van der Waals surface area contributed by atoms with E-state index in [9.17, 15) is 0 Å². The summed E-state index contributed by atoms with van der Waals surface area (Å²) in [6.45, 7) is 3.22. The summed E-state index contributed by atoms with van der Waals surface area (Å²) in [5.74, 6) is 0.978. The number of aromatic nitrogens is 3. The van der Waals surface area contributed by atoms with Gasteiger partial charge in [-0.15, -0.1) is 0 Å². The summed E-state index contributed by atoms with van der Waals surface area (Å²) in [6, 6.07) is 4.09. The third-order valence-corrected chi connectivity index (χ3v) is 3.77. The van der Waals surface area contributed by atoms with Gasteiger partial charge in [-0.25, -0.2) is 4.98 Å². The second-order valence-corrected chi connectivity index (χ2v) is 5.28. The molecule has 0 radical (unpaired) electrons. The normalized spacial score (nSPS) is 17.0. The number of aliphatic hydroxyl groups is 1. The lowest BCUT2D eigenvalue weighted by atomic mass is 10.0. The van der Waals surface area contributed by atoms with Gasteiger partial charge in [0.05, 0.1) is 0 Å². The summed E-state index contributed by atoms with van der Waals surface area (Å²) in [5.41, 5.74) is 2.33. The van der Waals surface area contributed by atoms with Crippen LogP contribution in [-0.4, -0.2) is 32.9 Å². The van der Waals surface area contributed by atoms with Gasteiger partial charge in [0.15, 0.2) is 5.65 Å².